The van der Waals surface area contributed by atoms with Crippen LogP contribution < -0.4 is 10.1 Å². The van der Waals surface area contributed by atoms with E-state index in [1.54, 1.807) is 30.1 Å². The Kier molecular flexibility index (Phi) is 6.87. The summed E-state index contributed by atoms with van der Waals surface area (Å²) in [6.45, 7) is 2.06. The number of allylic oxidation sites excluding steroid dienone is 1. The number of hydrogen-bond acceptors (Lipinski definition) is 6. The molecule has 3 N–H and O–H groups in total. The second-order valence-electron chi connectivity index (χ2n) is 6.25. The first-order chi connectivity index (χ1) is 14.1. The highest BCUT2D eigenvalue weighted by Crippen LogP contribution is 2.27. The molecule has 0 fully saturated rings. The zero-order valence-electron chi connectivity index (χ0n) is 16.3. The summed E-state index contributed by atoms with van der Waals surface area (Å²) in [6, 6.07) is 9.17. The van der Waals surface area contributed by atoms with Crippen LogP contribution in [0.4, 0.5) is 5.82 Å². The van der Waals surface area contributed by atoms with E-state index in [4.69, 9.17) is 16.3 Å². The van der Waals surface area contributed by atoms with Crippen molar-refractivity contribution < 1.29 is 14.9 Å². The predicted octanol–water partition coefficient (Wildman–Crippen LogP) is 3.43. The van der Waals surface area contributed by atoms with E-state index in [-0.39, 0.29) is 13.2 Å². The van der Waals surface area contributed by atoms with E-state index in [2.05, 4.69) is 15.3 Å². The van der Waals surface area contributed by atoms with Crippen molar-refractivity contribution in [3.63, 3.8) is 0 Å². The summed E-state index contributed by atoms with van der Waals surface area (Å²) >= 11 is 6.22. The van der Waals surface area contributed by atoms with Crippen molar-refractivity contribution in [1.29, 1.82) is 0 Å². The van der Waals surface area contributed by atoms with Crippen LogP contribution in [0.1, 0.15) is 23.7 Å². The van der Waals surface area contributed by atoms with Gasteiger partial charge in [0, 0.05) is 24.5 Å². The van der Waals surface area contributed by atoms with E-state index in [0.29, 0.717) is 45.9 Å². The fraction of sp³-hybridized carbons (Fsp3) is 0.238. The quantitative estimate of drug-likeness (QED) is 0.523. The summed E-state index contributed by atoms with van der Waals surface area (Å²) in [5.41, 5.74) is 3.04. The number of methoxy groups -OCH3 is 1. The summed E-state index contributed by atoms with van der Waals surface area (Å²) in [6.07, 6.45) is 5.27. The van der Waals surface area contributed by atoms with Crippen LogP contribution in [0.5, 0.6) is 5.75 Å². The fourth-order valence-corrected chi connectivity index (χ4v) is 3.22. The highest BCUT2D eigenvalue weighted by Gasteiger charge is 2.13. The van der Waals surface area contributed by atoms with Gasteiger partial charge in [-0.15, -0.1) is 0 Å². The average molecular weight is 415 g/mol. The summed E-state index contributed by atoms with van der Waals surface area (Å²) in [7, 11) is 1.57. The van der Waals surface area contributed by atoms with E-state index in [1.165, 1.54) is 0 Å². The Morgan fingerprint density at radius 3 is 2.79 bits per heavy atom. The maximum absolute atomic E-state index is 9.70. The molecule has 8 heteroatoms. The lowest BCUT2D eigenvalue weighted by molar-refractivity contribution is 0.274. The lowest BCUT2D eigenvalue weighted by atomic mass is 10.1. The predicted molar refractivity (Wildman–Crippen MR) is 113 cm³/mol. The number of benzene rings is 1. The number of aliphatic hydroxyl groups is 2. The van der Waals surface area contributed by atoms with Crippen LogP contribution in [0, 0.1) is 0 Å². The summed E-state index contributed by atoms with van der Waals surface area (Å²) < 4.78 is 6.91. The molecule has 29 heavy (non-hydrogen) atoms. The molecule has 7 nitrogen and oxygen atoms in total. The molecule has 0 saturated heterocycles. The third-order valence-corrected chi connectivity index (χ3v) is 4.82. The normalized spacial score (nSPS) is 11.6. The van der Waals surface area contributed by atoms with E-state index in [1.807, 2.05) is 37.3 Å². The van der Waals surface area contributed by atoms with Crippen LogP contribution in [0.3, 0.4) is 0 Å². The molecular weight excluding hydrogens is 392 g/mol. The Morgan fingerprint density at radius 2 is 2.14 bits per heavy atom. The minimum Gasteiger partial charge on any atom is -0.495 e. The van der Waals surface area contributed by atoms with Gasteiger partial charge in [-0.2, -0.15) is 4.98 Å². The minimum absolute atomic E-state index is 0.123. The largest absolute Gasteiger partial charge is 0.495 e. The monoisotopic (exact) mass is 414 g/mol. The van der Waals surface area contributed by atoms with Crippen molar-refractivity contribution in [1.82, 2.24) is 14.5 Å². The van der Waals surface area contributed by atoms with E-state index < -0.39 is 0 Å². The standard InChI is InChI=1S/C21H23ClN4O3/c1-3-15(12-27)17-11-24-21(26-8-4-5-16(26)13-28)25-20(17)23-10-14-6-7-19(29-2)18(22)9-14/h3-9,11,27-28H,10,12-13H2,1-2H3,(H,23,24,25). The highest BCUT2D eigenvalue weighted by molar-refractivity contribution is 6.32. The molecule has 0 spiro atoms. The third kappa shape index (κ3) is 4.59. The van der Waals surface area contributed by atoms with Crippen molar-refractivity contribution in [3.8, 4) is 11.7 Å². The molecule has 0 atom stereocenters. The van der Waals surface area contributed by atoms with Crippen molar-refractivity contribution in [2.24, 2.45) is 0 Å². The number of nitrogens with one attached hydrogen (secondary N) is 1. The molecule has 2 aromatic heterocycles. The van der Waals surface area contributed by atoms with Gasteiger partial charge in [-0.25, -0.2) is 4.98 Å². The van der Waals surface area contributed by atoms with Crippen molar-refractivity contribution in [2.75, 3.05) is 19.0 Å². The number of anilines is 1. The molecule has 0 amide bonds. The van der Waals surface area contributed by atoms with E-state index >= 15 is 0 Å². The Morgan fingerprint density at radius 1 is 1.31 bits per heavy atom. The maximum atomic E-state index is 9.70. The SMILES string of the molecule is CC=C(CO)c1cnc(-n2cccc2CO)nc1NCc1ccc(OC)c(Cl)c1. The number of halogens is 1. The minimum atomic E-state index is -0.131. The van der Waals surface area contributed by atoms with Crippen LogP contribution in [0.2, 0.25) is 5.02 Å². The van der Waals surface area contributed by atoms with Crippen molar-refractivity contribution in [2.45, 2.75) is 20.1 Å². The molecule has 0 aliphatic carbocycles. The summed E-state index contributed by atoms with van der Waals surface area (Å²) in [5.74, 6) is 1.61. The van der Waals surface area contributed by atoms with Gasteiger partial charge in [-0.05, 0) is 42.3 Å². The molecule has 3 rings (SSSR count). The van der Waals surface area contributed by atoms with Gasteiger partial charge in [0.15, 0.2) is 0 Å². The molecule has 152 valence electrons. The van der Waals surface area contributed by atoms with Crippen LogP contribution in [0.15, 0.2) is 48.8 Å². The third-order valence-electron chi connectivity index (χ3n) is 4.53. The zero-order chi connectivity index (χ0) is 20.8. The Hall–Kier alpha value is -2.87. The van der Waals surface area contributed by atoms with Crippen molar-refractivity contribution >= 4 is 23.0 Å². The zero-order valence-corrected chi connectivity index (χ0v) is 17.0. The first-order valence-electron chi connectivity index (χ1n) is 9.08. The van der Waals surface area contributed by atoms with Gasteiger partial charge in [0.05, 0.1) is 31.0 Å². The Balaban J connectivity index is 1.95. The van der Waals surface area contributed by atoms with Gasteiger partial charge >= 0.3 is 0 Å². The van der Waals surface area contributed by atoms with Crippen LogP contribution in [-0.2, 0) is 13.2 Å². The second kappa shape index (κ2) is 9.56. The maximum Gasteiger partial charge on any atom is 0.235 e. The number of ether oxygens (including phenoxy) is 1. The molecule has 0 radical (unpaired) electrons. The van der Waals surface area contributed by atoms with Gasteiger partial charge in [0.25, 0.3) is 0 Å². The Labute approximate surface area is 174 Å². The number of aliphatic hydroxyl groups excluding tert-OH is 2. The highest BCUT2D eigenvalue weighted by atomic mass is 35.5. The smallest absolute Gasteiger partial charge is 0.235 e. The van der Waals surface area contributed by atoms with E-state index in [9.17, 15) is 10.2 Å². The lowest BCUT2D eigenvalue weighted by Crippen LogP contribution is -2.11. The number of rotatable bonds is 8. The van der Waals surface area contributed by atoms with Gasteiger partial charge in [0.1, 0.15) is 11.6 Å². The van der Waals surface area contributed by atoms with Crippen LogP contribution in [0.25, 0.3) is 11.5 Å². The fourth-order valence-electron chi connectivity index (χ4n) is 2.94. The second-order valence-corrected chi connectivity index (χ2v) is 6.66. The molecular formula is C21H23ClN4O3. The molecule has 0 bridgehead atoms. The molecule has 2 heterocycles. The lowest BCUT2D eigenvalue weighted by Gasteiger charge is -2.15. The molecule has 0 aliphatic rings. The van der Waals surface area contributed by atoms with Gasteiger partial charge in [0.2, 0.25) is 5.95 Å². The number of aromatic nitrogens is 3. The van der Waals surface area contributed by atoms with Crippen molar-refractivity contribution in [3.05, 3.63) is 70.6 Å². The molecule has 1 aromatic carbocycles. The van der Waals surface area contributed by atoms with Gasteiger partial charge in [-0.1, -0.05) is 23.7 Å². The first kappa shape index (κ1) is 20.9. The topological polar surface area (TPSA) is 92.4 Å². The Bertz CT molecular complexity index is 1020. The average Bonchev–Trinajstić information content (AvgIpc) is 3.22. The molecule has 0 saturated carbocycles. The van der Waals surface area contributed by atoms with E-state index in [0.717, 1.165) is 5.56 Å². The molecule has 3 aromatic rings. The van der Waals surface area contributed by atoms with Gasteiger partial charge in [-0.3, -0.25) is 4.57 Å². The van der Waals surface area contributed by atoms with Gasteiger partial charge < -0.3 is 20.3 Å². The molecule has 0 unspecified atom stereocenters. The number of nitrogens with zero attached hydrogens (tertiary/aromatic N) is 3. The number of hydrogen-bond donors (Lipinski definition) is 3. The molecule has 0 aliphatic heterocycles. The summed E-state index contributed by atoms with van der Waals surface area (Å²) in [4.78, 5) is 9.04. The first-order valence-corrected chi connectivity index (χ1v) is 9.46. The summed E-state index contributed by atoms with van der Waals surface area (Å²) in [5, 5.41) is 23.1. The van der Waals surface area contributed by atoms with Crippen LogP contribution >= 0.6 is 11.6 Å². The van der Waals surface area contributed by atoms with Crippen LogP contribution in [-0.4, -0.2) is 38.5 Å².